The fourth-order valence-electron chi connectivity index (χ4n) is 2.22. The maximum absolute atomic E-state index is 10.8. The summed E-state index contributed by atoms with van der Waals surface area (Å²) in [5.74, 6) is 0.239. The fraction of sp³-hybridized carbons (Fsp3) is 0.312. The molecule has 0 bridgehead atoms. The van der Waals surface area contributed by atoms with Gasteiger partial charge < -0.3 is 10.4 Å². The van der Waals surface area contributed by atoms with Gasteiger partial charge in [-0.3, -0.25) is 4.55 Å². The van der Waals surface area contributed by atoms with Gasteiger partial charge in [0.1, 0.15) is 0 Å². The first-order valence-electron chi connectivity index (χ1n) is 7.81. The van der Waals surface area contributed by atoms with Crippen molar-refractivity contribution in [3.8, 4) is 0 Å². The number of pyridine rings is 1. The van der Waals surface area contributed by atoms with Gasteiger partial charge in [0.25, 0.3) is 10.1 Å². The number of benzene rings is 1. The molecule has 27 heavy (non-hydrogen) atoms. The maximum Gasteiger partial charge on any atom is 0.264 e. The van der Waals surface area contributed by atoms with Gasteiger partial charge in [-0.25, -0.2) is 4.98 Å². The topological polar surface area (TPSA) is 127 Å². The van der Waals surface area contributed by atoms with E-state index in [-0.39, 0.29) is 11.2 Å². The lowest BCUT2D eigenvalue weighted by atomic mass is 10.2. The summed E-state index contributed by atoms with van der Waals surface area (Å²) in [6.45, 7) is 3.24. The van der Waals surface area contributed by atoms with E-state index in [0.29, 0.717) is 24.5 Å². The molecule has 148 valence electrons. The molecule has 0 spiro atoms. The van der Waals surface area contributed by atoms with Gasteiger partial charge in [-0.2, -0.15) is 8.42 Å². The third-order valence-electron chi connectivity index (χ3n) is 3.48. The van der Waals surface area contributed by atoms with Gasteiger partial charge in [0.2, 0.25) is 0 Å². The molecular formula is C16H20Br2N4O4S. The van der Waals surface area contributed by atoms with Crippen molar-refractivity contribution in [2.45, 2.75) is 13.3 Å². The van der Waals surface area contributed by atoms with E-state index < -0.39 is 10.1 Å². The number of rotatable bonds is 8. The lowest BCUT2D eigenvalue weighted by molar-refractivity contribution is 0.481. The Bertz CT molecular complexity index is 876. The first-order chi connectivity index (χ1) is 12.3. The van der Waals surface area contributed by atoms with E-state index in [2.05, 4.69) is 47.1 Å². The Morgan fingerprint density at radius 3 is 2.41 bits per heavy atom. The number of hydrogen-bond donors (Lipinski definition) is 1. The van der Waals surface area contributed by atoms with Crippen LogP contribution in [0, 0.1) is 0 Å². The second-order valence-corrected chi connectivity index (χ2v) is 8.74. The Kier molecular flexibility index (Phi) is 9.47. The van der Waals surface area contributed by atoms with Crippen LogP contribution in [0.4, 0.5) is 17.2 Å². The van der Waals surface area contributed by atoms with Gasteiger partial charge in [-0.15, -0.1) is 10.2 Å². The normalized spacial score (nSPS) is 11.4. The lowest BCUT2D eigenvalue weighted by Gasteiger charge is -2.22. The van der Waals surface area contributed by atoms with E-state index in [0.717, 1.165) is 21.2 Å². The van der Waals surface area contributed by atoms with Crippen molar-refractivity contribution in [2.75, 3.05) is 23.7 Å². The summed E-state index contributed by atoms with van der Waals surface area (Å²) in [6, 6.07) is 9.30. The smallest absolute Gasteiger partial charge is 0.264 e. The van der Waals surface area contributed by atoms with E-state index in [1.165, 1.54) is 0 Å². The largest absolute Gasteiger partial charge is 0.412 e. The van der Waals surface area contributed by atoms with Crippen LogP contribution in [0.5, 0.6) is 0 Å². The van der Waals surface area contributed by atoms with Crippen LogP contribution < -0.4 is 4.90 Å². The highest BCUT2D eigenvalue weighted by Gasteiger charge is 2.08. The number of anilines is 1. The first-order valence-corrected chi connectivity index (χ1v) is 11.0. The van der Waals surface area contributed by atoms with Gasteiger partial charge >= 0.3 is 0 Å². The Labute approximate surface area is 175 Å². The molecule has 0 saturated heterocycles. The van der Waals surface area contributed by atoms with Gasteiger partial charge in [0, 0.05) is 29.4 Å². The molecule has 2 rings (SSSR count). The minimum absolute atomic E-state index is 0. The molecular weight excluding hydrogens is 504 g/mol. The number of azo groups is 1. The monoisotopic (exact) mass is 522 g/mol. The highest BCUT2D eigenvalue weighted by molar-refractivity contribution is 9.11. The number of hydrogen-bond acceptors (Lipinski definition) is 6. The Morgan fingerprint density at radius 2 is 1.85 bits per heavy atom. The van der Waals surface area contributed by atoms with Crippen LogP contribution in [0.3, 0.4) is 0 Å². The third kappa shape index (κ3) is 8.01. The van der Waals surface area contributed by atoms with Crippen LogP contribution in [-0.4, -0.2) is 42.3 Å². The van der Waals surface area contributed by atoms with Crippen LogP contribution in [0.1, 0.15) is 13.3 Å². The van der Waals surface area contributed by atoms with Crippen molar-refractivity contribution in [1.29, 1.82) is 0 Å². The zero-order valence-electron chi connectivity index (χ0n) is 14.5. The maximum atomic E-state index is 10.8. The number of halogens is 2. The molecule has 0 aliphatic carbocycles. The molecule has 0 aliphatic rings. The summed E-state index contributed by atoms with van der Waals surface area (Å²) in [7, 11) is -3.92. The van der Waals surface area contributed by atoms with Crippen molar-refractivity contribution in [1.82, 2.24) is 4.98 Å². The summed E-state index contributed by atoms with van der Waals surface area (Å²) < 4.78 is 32.0. The van der Waals surface area contributed by atoms with Gasteiger partial charge in [-0.1, -0.05) is 0 Å². The molecule has 8 nitrogen and oxygen atoms in total. The zero-order chi connectivity index (χ0) is 19.2. The van der Waals surface area contributed by atoms with Crippen molar-refractivity contribution >= 4 is 59.2 Å². The van der Waals surface area contributed by atoms with Crippen LogP contribution in [-0.2, 0) is 10.1 Å². The molecule has 3 N–H and O–H groups in total. The SMILES string of the molecule is CCN(CCCS(=O)(=O)O)c1ccc(/N=N/c2ncc(Br)cc2Br)cc1.O. The highest BCUT2D eigenvalue weighted by Crippen LogP contribution is 2.28. The lowest BCUT2D eigenvalue weighted by Crippen LogP contribution is -2.25. The fourth-order valence-corrected chi connectivity index (χ4v) is 3.78. The van der Waals surface area contributed by atoms with Crippen LogP contribution >= 0.6 is 31.9 Å². The standard InChI is InChI=1S/C16H18Br2N4O3S.H2O/c1-2-22(8-3-9-26(23,24)25)14-6-4-13(5-7-14)20-21-16-15(18)10-12(17)11-19-16;/h4-7,10-11H,2-3,8-9H2,1H3,(H,23,24,25);1H2/b21-20+;. The van der Waals surface area contributed by atoms with Crippen LogP contribution in [0.25, 0.3) is 0 Å². The Hall–Kier alpha value is -1.40. The number of aromatic nitrogens is 1. The van der Waals surface area contributed by atoms with E-state index in [9.17, 15) is 8.42 Å². The molecule has 0 amide bonds. The molecule has 1 heterocycles. The van der Waals surface area contributed by atoms with Crippen LogP contribution in [0.2, 0.25) is 0 Å². The average Bonchev–Trinajstić information content (AvgIpc) is 2.58. The molecule has 0 atom stereocenters. The second kappa shape index (κ2) is 10.8. The highest BCUT2D eigenvalue weighted by atomic mass is 79.9. The molecule has 0 aliphatic heterocycles. The molecule has 1 aromatic heterocycles. The molecule has 0 fully saturated rings. The minimum atomic E-state index is -3.92. The summed E-state index contributed by atoms with van der Waals surface area (Å²) in [5, 5.41) is 8.30. The molecule has 2 aromatic rings. The quantitative estimate of drug-likeness (QED) is 0.407. The van der Waals surface area contributed by atoms with Crippen molar-refractivity contribution in [2.24, 2.45) is 10.2 Å². The predicted molar refractivity (Wildman–Crippen MR) is 113 cm³/mol. The van der Waals surface area contributed by atoms with Crippen molar-refractivity contribution in [3.63, 3.8) is 0 Å². The molecule has 11 heteroatoms. The van der Waals surface area contributed by atoms with Gasteiger partial charge in [0.15, 0.2) is 5.82 Å². The second-order valence-electron chi connectivity index (χ2n) is 5.39. The molecule has 0 saturated carbocycles. The van der Waals surface area contributed by atoms with E-state index in [1.807, 2.05) is 42.2 Å². The summed E-state index contributed by atoms with van der Waals surface area (Å²) in [6.07, 6.45) is 2.01. The van der Waals surface area contributed by atoms with Crippen molar-refractivity contribution < 1.29 is 18.4 Å². The average molecular weight is 524 g/mol. The van der Waals surface area contributed by atoms with Crippen molar-refractivity contribution in [3.05, 3.63) is 45.5 Å². The summed E-state index contributed by atoms with van der Waals surface area (Å²) in [4.78, 5) is 6.20. The van der Waals surface area contributed by atoms with Crippen LogP contribution in [0.15, 0.2) is 55.7 Å². The molecule has 1 aromatic carbocycles. The summed E-state index contributed by atoms with van der Waals surface area (Å²) >= 11 is 6.72. The van der Waals surface area contributed by atoms with Gasteiger partial charge in [-0.05, 0) is 75.5 Å². The summed E-state index contributed by atoms with van der Waals surface area (Å²) in [5.41, 5.74) is 1.63. The third-order valence-corrected chi connectivity index (χ3v) is 5.30. The minimum Gasteiger partial charge on any atom is -0.412 e. The Balaban J connectivity index is 0.00000364. The van der Waals surface area contributed by atoms with E-state index in [1.54, 1.807) is 6.20 Å². The predicted octanol–water partition coefficient (Wildman–Crippen LogP) is 4.30. The number of nitrogens with zero attached hydrogens (tertiary/aromatic N) is 4. The molecule has 0 radical (unpaired) electrons. The van der Waals surface area contributed by atoms with Gasteiger partial charge in [0.05, 0.1) is 15.9 Å². The van der Waals surface area contributed by atoms with E-state index >= 15 is 0 Å². The first kappa shape index (κ1) is 23.6. The zero-order valence-corrected chi connectivity index (χ0v) is 18.5. The van der Waals surface area contributed by atoms with E-state index in [4.69, 9.17) is 4.55 Å². The Morgan fingerprint density at radius 1 is 1.19 bits per heavy atom. The molecule has 0 unspecified atom stereocenters.